The molecule has 2 aromatic rings. The van der Waals surface area contributed by atoms with E-state index in [9.17, 15) is 10.1 Å². The van der Waals surface area contributed by atoms with E-state index >= 15 is 0 Å². The van der Waals surface area contributed by atoms with Crippen molar-refractivity contribution in [3.05, 3.63) is 62.1 Å². The van der Waals surface area contributed by atoms with Gasteiger partial charge in [0, 0.05) is 11.0 Å². The normalized spacial score (nSPS) is 10.1. The van der Waals surface area contributed by atoms with Gasteiger partial charge in [0.25, 0.3) is 5.69 Å². The van der Waals surface area contributed by atoms with Crippen LogP contribution in [0.25, 0.3) is 0 Å². The van der Waals surface area contributed by atoms with Crippen molar-refractivity contribution in [2.45, 2.75) is 9.79 Å². The number of nitrogens with zero attached hydrogens (tertiary/aromatic N) is 2. The van der Waals surface area contributed by atoms with Crippen LogP contribution in [-0.2, 0) is 0 Å². The highest BCUT2D eigenvalue weighted by Gasteiger charge is 2.18. The minimum atomic E-state index is -0.534. The summed E-state index contributed by atoms with van der Waals surface area (Å²) in [5.41, 5.74) is 0.0799. The molecule has 0 atom stereocenters. The van der Waals surface area contributed by atoms with Crippen LogP contribution >= 0.6 is 35.0 Å². The molecule has 0 fully saturated rings. The molecule has 0 saturated carbocycles. The van der Waals surface area contributed by atoms with Crippen LogP contribution in [0.2, 0.25) is 10.0 Å². The molecule has 20 heavy (non-hydrogen) atoms. The lowest BCUT2D eigenvalue weighted by Gasteiger charge is -2.07. The smallest absolute Gasteiger partial charge is 0.258 e. The molecule has 7 heteroatoms. The van der Waals surface area contributed by atoms with Gasteiger partial charge in [-0.3, -0.25) is 10.1 Å². The highest BCUT2D eigenvalue weighted by molar-refractivity contribution is 7.99. The largest absolute Gasteiger partial charge is 0.284 e. The molecule has 0 bridgehead atoms. The maximum atomic E-state index is 11.1. The van der Waals surface area contributed by atoms with Gasteiger partial charge in [-0.2, -0.15) is 5.26 Å². The van der Waals surface area contributed by atoms with Crippen molar-refractivity contribution in [1.82, 2.24) is 0 Å². The number of nitro groups is 1. The van der Waals surface area contributed by atoms with Crippen molar-refractivity contribution < 1.29 is 4.92 Å². The number of hydrogen-bond donors (Lipinski definition) is 0. The molecule has 0 N–H and O–H groups in total. The second-order valence-corrected chi connectivity index (χ2v) is 5.57. The van der Waals surface area contributed by atoms with Gasteiger partial charge in [-0.15, -0.1) is 0 Å². The van der Waals surface area contributed by atoms with E-state index < -0.39 is 4.92 Å². The van der Waals surface area contributed by atoms with Gasteiger partial charge < -0.3 is 0 Å². The molecule has 0 aliphatic rings. The average molecular weight is 325 g/mol. The van der Waals surface area contributed by atoms with Crippen molar-refractivity contribution in [3.8, 4) is 6.07 Å². The molecule has 0 amide bonds. The summed E-state index contributed by atoms with van der Waals surface area (Å²) in [6.07, 6.45) is 0. The average Bonchev–Trinajstić information content (AvgIpc) is 2.43. The van der Waals surface area contributed by atoms with E-state index in [-0.39, 0.29) is 11.3 Å². The summed E-state index contributed by atoms with van der Waals surface area (Å²) < 4.78 is 0. The number of rotatable bonds is 3. The summed E-state index contributed by atoms with van der Waals surface area (Å²) in [6.45, 7) is 0. The molecule has 0 aliphatic carbocycles. The van der Waals surface area contributed by atoms with E-state index in [4.69, 9.17) is 28.5 Å². The Hall–Kier alpha value is -1.74. The Morgan fingerprint density at radius 3 is 2.40 bits per heavy atom. The van der Waals surface area contributed by atoms with Crippen LogP contribution in [0.15, 0.2) is 46.2 Å². The van der Waals surface area contributed by atoms with Crippen LogP contribution in [0.3, 0.4) is 0 Å². The minimum Gasteiger partial charge on any atom is -0.258 e. The highest BCUT2D eigenvalue weighted by atomic mass is 35.5. The molecule has 2 aromatic carbocycles. The fourth-order valence-corrected chi connectivity index (χ4v) is 3.06. The Morgan fingerprint density at radius 2 is 1.85 bits per heavy atom. The van der Waals surface area contributed by atoms with Crippen molar-refractivity contribution in [1.29, 1.82) is 5.26 Å². The van der Waals surface area contributed by atoms with Crippen molar-refractivity contribution in [3.63, 3.8) is 0 Å². The molecule has 4 nitrogen and oxygen atoms in total. The fourth-order valence-electron chi connectivity index (χ4n) is 1.51. The third kappa shape index (κ3) is 3.05. The van der Waals surface area contributed by atoms with Crippen LogP contribution < -0.4 is 0 Å². The van der Waals surface area contributed by atoms with Crippen LogP contribution in [0.1, 0.15) is 5.56 Å². The van der Waals surface area contributed by atoms with Gasteiger partial charge in [0.05, 0.1) is 31.5 Å². The van der Waals surface area contributed by atoms with Crippen molar-refractivity contribution in [2.24, 2.45) is 0 Å². The van der Waals surface area contributed by atoms with E-state index in [1.54, 1.807) is 18.2 Å². The molecule has 0 saturated heterocycles. The van der Waals surface area contributed by atoms with Gasteiger partial charge in [0.1, 0.15) is 0 Å². The second-order valence-electron chi connectivity index (χ2n) is 3.70. The van der Waals surface area contributed by atoms with Gasteiger partial charge >= 0.3 is 0 Å². The van der Waals surface area contributed by atoms with Gasteiger partial charge in [0.15, 0.2) is 0 Å². The predicted molar refractivity (Wildman–Crippen MR) is 78.4 cm³/mol. The molecule has 0 unspecified atom stereocenters. The van der Waals surface area contributed by atoms with Crippen LogP contribution in [0.4, 0.5) is 5.69 Å². The molecular weight excluding hydrogens is 319 g/mol. The maximum Gasteiger partial charge on any atom is 0.284 e. The molecule has 0 aliphatic heterocycles. The molecule has 2 rings (SSSR count). The topological polar surface area (TPSA) is 66.9 Å². The van der Waals surface area contributed by atoms with Crippen LogP contribution in [0.5, 0.6) is 0 Å². The van der Waals surface area contributed by atoms with E-state index in [1.807, 2.05) is 6.07 Å². The zero-order chi connectivity index (χ0) is 14.7. The Balaban J connectivity index is 2.49. The van der Waals surface area contributed by atoms with Crippen LogP contribution in [-0.4, -0.2) is 4.92 Å². The lowest BCUT2D eigenvalue weighted by molar-refractivity contribution is -0.387. The molecule has 100 valence electrons. The van der Waals surface area contributed by atoms with Crippen molar-refractivity contribution >= 4 is 40.7 Å². The Kier molecular flexibility index (Phi) is 4.50. The van der Waals surface area contributed by atoms with E-state index in [1.165, 1.54) is 18.2 Å². The van der Waals surface area contributed by atoms with E-state index in [0.29, 0.717) is 19.8 Å². The zero-order valence-electron chi connectivity index (χ0n) is 9.84. The predicted octanol–water partition coefficient (Wildman–Crippen LogP) is 4.92. The van der Waals surface area contributed by atoms with E-state index in [0.717, 1.165) is 11.8 Å². The molecule has 0 spiro atoms. The summed E-state index contributed by atoms with van der Waals surface area (Å²) in [6, 6.07) is 11.1. The first-order valence-corrected chi connectivity index (χ1v) is 6.90. The molecule has 0 heterocycles. The fraction of sp³-hybridized carbons (Fsp3) is 0. The van der Waals surface area contributed by atoms with Crippen molar-refractivity contribution in [2.75, 3.05) is 0 Å². The van der Waals surface area contributed by atoms with Crippen LogP contribution in [0, 0.1) is 21.4 Å². The van der Waals surface area contributed by atoms with Gasteiger partial charge in [-0.25, -0.2) is 0 Å². The Morgan fingerprint density at radius 1 is 1.20 bits per heavy atom. The van der Waals surface area contributed by atoms with Gasteiger partial charge in [-0.1, -0.05) is 41.0 Å². The lowest BCUT2D eigenvalue weighted by Crippen LogP contribution is -1.92. The third-order valence-electron chi connectivity index (χ3n) is 2.42. The van der Waals surface area contributed by atoms with Gasteiger partial charge in [0.2, 0.25) is 0 Å². The standard InChI is InChI=1S/C13H6Cl2N2O2S/c14-9-2-1-3-10(15)13(9)20-12-5-4-8(7-16)6-11(12)17(18)19/h1-6H. The SMILES string of the molecule is N#Cc1ccc(Sc2c(Cl)cccc2Cl)c([N+](=O)[O-])c1. The quantitative estimate of drug-likeness (QED) is 0.593. The Bertz CT molecular complexity index is 709. The highest BCUT2D eigenvalue weighted by Crippen LogP contribution is 2.42. The number of halogens is 2. The first-order valence-electron chi connectivity index (χ1n) is 5.33. The zero-order valence-corrected chi connectivity index (χ0v) is 12.2. The van der Waals surface area contributed by atoms with E-state index in [2.05, 4.69) is 0 Å². The number of hydrogen-bond acceptors (Lipinski definition) is 4. The first kappa shape index (κ1) is 14.7. The summed E-state index contributed by atoms with van der Waals surface area (Å²) >= 11 is 13.2. The summed E-state index contributed by atoms with van der Waals surface area (Å²) in [7, 11) is 0. The first-order chi connectivity index (χ1) is 9.52. The number of nitro benzene ring substituents is 1. The summed E-state index contributed by atoms with van der Waals surface area (Å²) in [4.78, 5) is 11.5. The lowest BCUT2D eigenvalue weighted by atomic mass is 10.2. The number of benzene rings is 2. The monoisotopic (exact) mass is 324 g/mol. The van der Waals surface area contributed by atoms with Gasteiger partial charge in [-0.05, 0) is 24.3 Å². The number of nitriles is 1. The molecular formula is C13H6Cl2N2O2S. The summed E-state index contributed by atoms with van der Waals surface area (Å²) in [5.74, 6) is 0. The molecule has 0 aromatic heterocycles. The maximum absolute atomic E-state index is 11.1. The molecule has 0 radical (unpaired) electrons. The Labute approximate surface area is 129 Å². The second kappa shape index (κ2) is 6.14. The minimum absolute atomic E-state index is 0.148. The summed E-state index contributed by atoms with van der Waals surface area (Å²) in [5, 5.41) is 20.7. The third-order valence-corrected chi connectivity index (χ3v) is 4.48.